The van der Waals surface area contributed by atoms with Crippen LogP contribution in [0.5, 0.6) is 11.5 Å². The Kier molecular flexibility index (Phi) is 8.64. The number of nitrogens with one attached hydrogen (secondary N) is 2. The number of halogens is 1. The van der Waals surface area contributed by atoms with E-state index in [0.717, 1.165) is 33.6 Å². The summed E-state index contributed by atoms with van der Waals surface area (Å²) in [7, 11) is 1.64. The minimum Gasteiger partial charge on any atom is -0.493 e. The van der Waals surface area contributed by atoms with Crippen molar-refractivity contribution in [1.29, 1.82) is 0 Å². The van der Waals surface area contributed by atoms with E-state index < -0.39 is 0 Å². The number of hydrogen-bond donors (Lipinski definition) is 2. The van der Waals surface area contributed by atoms with Crippen molar-refractivity contribution in [2.24, 2.45) is 5.92 Å². The Morgan fingerprint density at radius 1 is 1.18 bits per heavy atom. The number of anilines is 2. The molecular formula is C22H29BrN2O3. The zero-order valence-electron chi connectivity index (χ0n) is 17.0. The average molecular weight is 449 g/mol. The fourth-order valence-corrected chi connectivity index (χ4v) is 3.24. The molecule has 0 radical (unpaired) electrons. The van der Waals surface area contributed by atoms with Gasteiger partial charge in [-0.25, -0.2) is 0 Å². The second-order valence-corrected chi connectivity index (χ2v) is 7.94. The average Bonchev–Trinajstić information content (AvgIpc) is 2.64. The van der Waals surface area contributed by atoms with Crippen LogP contribution in [0.1, 0.15) is 39.2 Å². The van der Waals surface area contributed by atoms with E-state index >= 15 is 0 Å². The molecule has 2 rings (SSSR count). The molecule has 0 fully saturated rings. The summed E-state index contributed by atoms with van der Waals surface area (Å²) in [5.41, 5.74) is 2.70. The molecule has 2 aromatic carbocycles. The third-order valence-corrected chi connectivity index (χ3v) is 4.45. The Morgan fingerprint density at radius 2 is 1.93 bits per heavy atom. The molecule has 0 aromatic heterocycles. The van der Waals surface area contributed by atoms with Gasteiger partial charge in [0.25, 0.3) is 0 Å². The highest BCUT2D eigenvalue weighted by Gasteiger charge is 2.13. The monoisotopic (exact) mass is 448 g/mol. The predicted molar refractivity (Wildman–Crippen MR) is 118 cm³/mol. The summed E-state index contributed by atoms with van der Waals surface area (Å²) in [6.07, 6.45) is 1.43. The first-order chi connectivity index (χ1) is 13.4. The number of methoxy groups -OCH3 is 1. The van der Waals surface area contributed by atoms with Crippen molar-refractivity contribution in [3.05, 3.63) is 46.4 Å². The summed E-state index contributed by atoms with van der Waals surface area (Å²) in [5.74, 6) is 1.81. The lowest BCUT2D eigenvalue weighted by molar-refractivity contribution is -0.116. The summed E-state index contributed by atoms with van der Waals surface area (Å²) in [4.78, 5) is 12.0. The molecule has 0 aliphatic rings. The van der Waals surface area contributed by atoms with Crippen LogP contribution in [0.25, 0.3) is 0 Å². The van der Waals surface area contributed by atoms with Crippen LogP contribution in [-0.2, 0) is 11.3 Å². The van der Waals surface area contributed by atoms with Crippen LogP contribution in [0.3, 0.4) is 0 Å². The normalized spacial score (nSPS) is 10.6. The van der Waals surface area contributed by atoms with Gasteiger partial charge in [-0.05, 0) is 42.7 Å². The maximum absolute atomic E-state index is 12.0. The quantitative estimate of drug-likeness (QED) is 0.478. The Morgan fingerprint density at radius 3 is 2.61 bits per heavy atom. The van der Waals surface area contributed by atoms with Gasteiger partial charge in [-0.1, -0.05) is 42.8 Å². The van der Waals surface area contributed by atoms with Crippen LogP contribution in [-0.4, -0.2) is 19.6 Å². The highest BCUT2D eigenvalue weighted by atomic mass is 79.9. The zero-order valence-corrected chi connectivity index (χ0v) is 18.6. The molecule has 0 saturated heterocycles. The van der Waals surface area contributed by atoms with Gasteiger partial charge in [-0.2, -0.15) is 0 Å². The number of hydrogen-bond acceptors (Lipinski definition) is 4. The first-order valence-corrected chi connectivity index (χ1v) is 10.3. The van der Waals surface area contributed by atoms with Crippen molar-refractivity contribution < 1.29 is 14.3 Å². The van der Waals surface area contributed by atoms with Gasteiger partial charge in [0.1, 0.15) is 0 Å². The topological polar surface area (TPSA) is 59.6 Å². The fraction of sp³-hybridized carbons (Fsp3) is 0.409. The largest absolute Gasteiger partial charge is 0.493 e. The molecule has 0 aliphatic carbocycles. The molecule has 0 unspecified atom stereocenters. The Balaban J connectivity index is 2.12. The highest BCUT2D eigenvalue weighted by Crippen LogP contribution is 2.35. The zero-order chi connectivity index (χ0) is 20.5. The van der Waals surface area contributed by atoms with Gasteiger partial charge < -0.3 is 20.1 Å². The minimum atomic E-state index is 0.0270. The molecule has 0 saturated carbocycles. The summed E-state index contributed by atoms with van der Waals surface area (Å²) in [5, 5.41) is 6.35. The van der Waals surface area contributed by atoms with E-state index in [4.69, 9.17) is 9.47 Å². The lowest BCUT2D eigenvalue weighted by atomic mass is 10.1. The number of carbonyl (C=O) groups is 1. The number of ether oxygens (including phenoxy) is 2. The Hall–Kier alpha value is -2.21. The van der Waals surface area contributed by atoms with Crippen LogP contribution in [0.15, 0.2) is 40.9 Å². The van der Waals surface area contributed by atoms with Crippen molar-refractivity contribution in [2.45, 2.75) is 40.2 Å². The molecule has 0 bridgehead atoms. The molecule has 0 heterocycles. The summed E-state index contributed by atoms with van der Waals surface area (Å²) >= 11 is 3.53. The van der Waals surface area contributed by atoms with Crippen molar-refractivity contribution in [1.82, 2.24) is 0 Å². The molecule has 6 heteroatoms. The third-order valence-electron chi connectivity index (χ3n) is 3.99. The van der Waals surface area contributed by atoms with E-state index in [9.17, 15) is 4.79 Å². The van der Waals surface area contributed by atoms with Crippen LogP contribution in [0.4, 0.5) is 11.4 Å². The van der Waals surface area contributed by atoms with Crippen molar-refractivity contribution in [2.75, 3.05) is 24.4 Å². The smallest absolute Gasteiger partial charge is 0.224 e. The van der Waals surface area contributed by atoms with E-state index in [2.05, 4.69) is 33.5 Å². The van der Waals surface area contributed by atoms with Gasteiger partial charge >= 0.3 is 0 Å². The fourth-order valence-electron chi connectivity index (χ4n) is 2.76. The van der Waals surface area contributed by atoms with Gasteiger partial charge in [0.05, 0.1) is 13.7 Å². The molecule has 28 heavy (non-hydrogen) atoms. The molecule has 1 amide bonds. The number of carbonyl (C=O) groups excluding carboxylic acids is 1. The van der Waals surface area contributed by atoms with E-state index in [1.165, 1.54) is 0 Å². The van der Waals surface area contributed by atoms with E-state index in [-0.39, 0.29) is 5.91 Å². The van der Waals surface area contributed by atoms with E-state index in [0.29, 0.717) is 31.2 Å². The van der Waals surface area contributed by atoms with E-state index in [1.54, 1.807) is 7.11 Å². The first-order valence-electron chi connectivity index (χ1n) is 9.56. The second-order valence-electron chi connectivity index (χ2n) is 7.03. The molecule has 152 valence electrons. The maximum Gasteiger partial charge on any atom is 0.224 e. The second kappa shape index (κ2) is 11.0. The van der Waals surface area contributed by atoms with Gasteiger partial charge in [0.15, 0.2) is 11.5 Å². The van der Waals surface area contributed by atoms with Crippen LogP contribution in [0, 0.1) is 5.92 Å². The van der Waals surface area contributed by atoms with E-state index in [1.807, 2.05) is 50.2 Å². The summed E-state index contributed by atoms with van der Waals surface area (Å²) in [6, 6.07) is 11.6. The summed E-state index contributed by atoms with van der Waals surface area (Å²) < 4.78 is 12.3. The molecule has 0 atom stereocenters. The molecule has 2 N–H and O–H groups in total. The number of benzene rings is 2. The molecule has 2 aromatic rings. The van der Waals surface area contributed by atoms with Crippen LogP contribution >= 0.6 is 15.9 Å². The lowest BCUT2D eigenvalue weighted by Crippen LogP contribution is -2.14. The predicted octanol–water partition coefficient (Wildman–Crippen LogP) is 5.84. The molecular weight excluding hydrogens is 420 g/mol. The molecule has 0 spiro atoms. The third kappa shape index (κ3) is 6.75. The first kappa shape index (κ1) is 22.1. The summed E-state index contributed by atoms with van der Waals surface area (Å²) in [6.45, 7) is 7.33. The van der Waals surface area contributed by atoms with Crippen molar-refractivity contribution in [3.8, 4) is 11.5 Å². The van der Waals surface area contributed by atoms with Crippen LogP contribution < -0.4 is 20.1 Å². The van der Waals surface area contributed by atoms with Gasteiger partial charge in [-0.15, -0.1) is 0 Å². The van der Waals surface area contributed by atoms with Crippen LogP contribution in [0.2, 0.25) is 0 Å². The highest BCUT2D eigenvalue weighted by molar-refractivity contribution is 9.10. The maximum atomic E-state index is 12.0. The van der Waals surface area contributed by atoms with Gasteiger partial charge in [0.2, 0.25) is 5.91 Å². The van der Waals surface area contributed by atoms with Gasteiger partial charge in [0, 0.05) is 34.4 Å². The molecule has 0 aliphatic heterocycles. The number of amides is 1. The minimum absolute atomic E-state index is 0.0270. The number of rotatable bonds is 10. The SMILES string of the molecule is CCCOc1c(CNc2cccc(NC(=O)CC(C)C)c2)cc(Br)cc1OC. The van der Waals surface area contributed by atoms with Crippen molar-refractivity contribution in [3.63, 3.8) is 0 Å². The van der Waals surface area contributed by atoms with Gasteiger partial charge in [-0.3, -0.25) is 4.79 Å². The molecule has 5 nitrogen and oxygen atoms in total. The van der Waals surface area contributed by atoms with Crippen molar-refractivity contribution >= 4 is 33.2 Å². The lowest BCUT2D eigenvalue weighted by Gasteiger charge is -2.17. The Labute approximate surface area is 175 Å². The standard InChI is InChI=1S/C22H29BrN2O3/c1-5-9-28-22-16(11-17(23)12-20(22)27-4)14-24-18-7-6-8-19(13-18)25-21(26)10-15(2)3/h6-8,11-13,15,24H,5,9-10,14H2,1-4H3,(H,25,26). The Bertz CT molecular complexity index is 793.